The molecular formula is C11H9F2NO4. The van der Waals surface area contributed by atoms with E-state index in [1.54, 1.807) is 0 Å². The summed E-state index contributed by atoms with van der Waals surface area (Å²) in [5.41, 5.74) is -1.36. The minimum absolute atomic E-state index is 0.287. The van der Waals surface area contributed by atoms with E-state index in [1.807, 2.05) is 0 Å². The lowest BCUT2D eigenvalue weighted by Gasteiger charge is -2.25. The van der Waals surface area contributed by atoms with Gasteiger partial charge >= 0.3 is 5.97 Å². The van der Waals surface area contributed by atoms with E-state index in [-0.39, 0.29) is 6.10 Å². The molecule has 1 aliphatic carbocycles. The largest absolute Gasteiger partial charge is 0.459 e. The molecule has 96 valence electrons. The molecule has 0 aliphatic heterocycles. The van der Waals surface area contributed by atoms with E-state index in [0.717, 1.165) is 6.42 Å². The highest BCUT2D eigenvalue weighted by Crippen LogP contribution is 2.27. The van der Waals surface area contributed by atoms with E-state index in [0.29, 0.717) is 25.0 Å². The van der Waals surface area contributed by atoms with Gasteiger partial charge < -0.3 is 4.74 Å². The summed E-state index contributed by atoms with van der Waals surface area (Å²) in [6.45, 7) is 0. The molecular weight excluding hydrogens is 248 g/mol. The van der Waals surface area contributed by atoms with Crippen LogP contribution < -0.4 is 0 Å². The van der Waals surface area contributed by atoms with Crippen molar-refractivity contribution < 1.29 is 23.2 Å². The molecule has 1 aromatic rings. The van der Waals surface area contributed by atoms with Gasteiger partial charge in [0.25, 0.3) is 5.69 Å². The summed E-state index contributed by atoms with van der Waals surface area (Å²) in [7, 11) is 0. The average Bonchev–Trinajstić information content (AvgIpc) is 2.26. The number of nitro benzene ring substituents is 1. The molecule has 0 spiro atoms. The Hall–Kier alpha value is -2.05. The first-order chi connectivity index (χ1) is 8.49. The van der Waals surface area contributed by atoms with E-state index in [2.05, 4.69) is 0 Å². The van der Waals surface area contributed by atoms with Gasteiger partial charge in [-0.1, -0.05) is 0 Å². The Morgan fingerprint density at radius 3 is 2.44 bits per heavy atom. The van der Waals surface area contributed by atoms with Crippen LogP contribution in [-0.4, -0.2) is 17.0 Å². The summed E-state index contributed by atoms with van der Waals surface area (Å²) in [5.74, 6) is -3.69. The molecule has 2 rings (SSSR count). The summed E-state index contributed by atoms with van der Waals surface area (Å²) in [6, 6.07) is 0.876. The Morgan fingerprint density at radius 2 is 1.94 bits per heavy atom. The Morgan fingerprint density at radius 1 is 1.33 bits per heavy atom. The van der Waals surface area contributed by atoms with Gasteiger partial charge in [0, 0.05) is 0 Å². The maximum Gasteiger partial charge on any atom is 0.345 e. The predicted octanol–water partition coefficient (Wildman–Crippen LogP) is 2.58. The molecule has 0 unspecified atom stereocenters. The monoisotopic (exact) mass is 257 g/mol. The number of hydrogen-bond acceptors (Lipinski definition) is 4. The van der Waals surface area contributed by atoms with Gasteiger partial charge in [-0.05, 0) is 25.3 Å². The van der Waals surface area contributed by atoms with Crippen molar-refractivity contribution in [1.29, 1.82) is 0 Å². The first-order valence-electron chi connectivity index (χ1n) is 5.33. The first-order valence-corrected chi connectivity index (χ1v) is 5.33. The minimum Gasteiger partial charge on any atom is -0.459 e. The number of ether oxygens (including phenoxy) is 1. The van der Waals surface area contributed by atoms with Gasteiger partial charge in [0.2, 0.25) is 0 Å². The van der Waals surface area contributed by atoms with Crippen LogP contribution in [0, 0.1) is 21.7 Å². The number of halogens is 2. The van der Waals surface area contributed by atoms with Gasteiger partial charge in [-0.15, -0.1) is 0 Å². The highest BCUT2D eigenvalue weighted by atomic mass is 19.2. The van der Waals surface area contributed by atoms with Crippen LogP contribution in [0.1, 0.15) is 29.6 Å². The molecule has 0 saturated heterocycles. The fourth-order valence-corrected chi connectivity index (χ4v) is 1.55. The Balaban J connectivity index is 2.32. The number of rotatable bonds is 3. The first kappa shape index (κ1) is 12.4. The van der Waals surface area contributed by atoms with Crippen LogP contribution >= 0.6 is 0 Å². The molecule has 1 aromatic carbocycles. The Labute approximate surface area is 101 Å². The van der Waals surface area contributed by atoms with E-state index in [1.165, 1.54) is 0 Å². The number of benzene rings is 1. The Kier molecular flexibility index (Phi) is 3.22. The number of nitrogens with zero attached hydrogens (tertiary/aromatic N) is 1. The molecule has 1 saturated carbocycles. The van der Waals surface area contributed by atoms with Crippen LogP contribution in [0.5, 0.6) is 0 Å². The van der Waals surface area contributed by atoms with Crippen molar-refractivity contribution >= 4 is 11.7 Å². The fourth-order valence-electron chi connectivity index (χ4n) is 1.55. The van der Waals surface area contributed by atoms with Crippen molar-refractivity contribution in [1.82, 2.24) is 0 Å². The summed E-state index contributed by atoms with van der Waals surface area (Å²) in [6.07, 6.45) is 2.00. The number of hydrogen-bond donors (Lipinski definition) is 0. The number of carbonyl (C=O) groups is 1. The van der Waals surface area contributed by atoms with Gasteiger partial charge in [0.1, 0.15) is 11.7 Å². The van der Waals surface area contributed by atoms with Crippen molar-refractivity contribution in [3.05, 3.63) is 39.4 Å². The fraction of sp³-hybridized carbons (Fsp3) is 0.364. The molecule has 7 heteroatoms. The highest BCUT2D eigenvalue weighted by molar-refractivity contribution is 5.94. The van der Waals surface area contributed by atoms with Crippen LogP contribution in [0.3, 0.4) is 0 Å². The van der Waals surface area contributed by atoms with Crippen LogP contribution in [-0.2, 0) is 4.74 Å². The second-order valence-electron chi connectivity index (χ2n) is 4.00. The summed E-state index contributed by atoms with van der Waals surface area (Å²) in [5, 5.41) is 10.7. The molecule has 0 aromatic heterocycles. The van der Waals surface area contributed by atoms with Crippen molar-refractivity contribution in [2.75, 3.05) is 0 Å². The average molecular weight is 257 g/mol. The van der Waals surface area contributed by atoms with E-state index < -0.39 is 33.8 Å². The summed E-state index contributed by atoms with van der Waals surface area (Å²) < 4.78 is 30.8. The van der Waals surface area contributed by atoms with Crippen molar-refractivity contribution in [2.45, 2.75) is 25.4 Å². The second kappa shape index (κ2) is 4.67. The molecule has 5 nitrogen and oxygen atoms in total. The molecule has 0 heterocycles. The van der Waals surface area contributed by atoms with Gasteiger partial charge in [-0.25, -0.2) is 13.6 Å². The maximum absolute atomic E-state index is 13.0. The number of carbonyl (C=O) groups excluding carboxylic acids is 1. The molecule has 0 atom stereocenters. The van der Waals surface area contributed by atoms with Crippen LogP contribution in [0.15, 0.2) is 12.1 Å². The number of esters is 1. The van der Waals surface area contributed by atoms with Crippen molar-refractivity contribution in [3.8, 4) is 0 Å². The normalized spacial score (nSPS) is 15.0. The van der Waals surface area contributed by atoms with Gasteiger partial charge in [0.15, 0.2) is 11.6 Å². The van der Waals surface area contributed by atoms with E-state index in [4.69, 9.17) is 4.74 Å². The standard InChI is InChI=1S/C11H9F2NO4/c12-8-4-7(10(14(16)17)5-9(8)13)11(15)18-6-2-1-3-6/h4-6H,1-3H2. The Bertz CT molecular complexity index is 514. The summed E-state index contributed by atoms with van der Waals surface area (Å²) >= 11 is 0. The molecule has 0 amide bonds. The maximum atomic E-state index is 13.0. The van der Waals surface area contributed by atoms with Crippen molar-refractivity contribution in [3.63, 3.8) is 0 Å². The zero-order valence-corrected chi connectivity index (χ0v) is 9.19. The minimum atomic E-state index is -1.37. The molecule has 1 fully saturated rings. The molecule has 0 radical (unpaired) electrons. The third-order valence-electron chi connectivity index (χ3n) is 2.78. The highest BCUT2D eigenvalue weighted by Gasteiger charge is 2.28. The lowest BCUT2D eigenvalue weighted by molar-refractivity contribution is -0.385. The second-order valence-corrected chi connectivity index (χ2v) is 4.00. The van der Waals surface area contributed by atoms with Crippen molar-refractivity contribution in [2.24, 2.45) is 0 Å². The molecule has 18 heavy (non-hydrogen) atoms. The van der Waals surface area contributed by atoms with Crippen LogP contribution in [0.4, 0.5) is 14.5 Å². The zero-order valence-electron chi connectivity index (χ0n) is 9.19. The topological polar surface area (TPSA) is 69.4 Å². The van der Waals surface area contributed by atoms with Gasteiger partial charge in [0.05, 0.1) is 11.0 Å². The predicted molar refractivity (Wildman–Crippen MR) is 56.1 cm³/mol. The lowest BCUT2D eigenvalue weighted by atomic mass is 9.96. The number of nitro groups is 1. The van der Waals surface area contributed by atoms with Crippen LogP contribution in [0.2, 0.25) is 0 Å². The van der Waals surface area contributed by atoms with Gasteiger partial charge in [-0.2, -0.15) is 0 Å². The molecule has 0 N–H and O–H groups in total. The van der Waals surface area contributed by atoms with E-state index >= 15 is 0 Å². The summed E-state index contributed by atoms with van der Waals surface area (Å²) in [4.78, 5) is 21.3. The quantitative estimate of drug-likeness (QED) is 0.474. The SMILES string of the molecule is O=C(OC1CCC1)c1cc(F)c(F)cc1[N+](=O)[O-]. The van der Waals surface area contributed by atoms with Gasteiger partial charge in [-0.3, -0.25) is 10.1 Å². The molecule has 1 aliphatic rings. The lowest BCUT2D eigenvalue weighted by Crippen LogP contribution is -2.25. The smallest absolute Gasteiger partial charge is 0.345 e. The van der Waals surface area contributed by atoms with E-state index in [9.17, 15) is 23.7 Å². The molecule has 0 bridgehead atoms. The third-order valence-corrected chi connectivity index (χ3v) is 2.78. The third kappa shape index (κ3) is 2.29. The zero-order chi connectivity index (χ0) is 13.3. The van der Waals surface area contributed by atoms with Crippen LogP contribution in [0.25, 0.3) is 0 Å².